The van der Waals surface area contributed by atoms with E-state index in [0.717, 1.165) is 14.2 Å². The van der Waals surface area contributed by atoms with E-state index >= 15 is 0 Å². The molecule has 0 saturated heterocycles. The molecule has 186 valence electrons. The van der Waals surface area contributed by atoms with E-state index in [2.05, 4.69) is 5.32 Å². The van der Waals surface area contributed by atoms with Crippen molar-refractivity contribution >= 4 is 27.7 Å². The number of anilines is 1. The van der Waals surface area contributed by atoms with E-state index in [1.807, 2.05) is 19.1 Å². The number of carbonyl (C=O) groups is 2. The Morgan fingerprint density at radius 3 is 2.12 bits per heavy atom. The van der Waals surface area contributed by atoms with Crippen molar-refractivity contribution in [3.8, 4) is 5.75 Å². The van der Waals surface area contributed by atoms with Crippen LogP contribution in [0.25, 0.3) is 0 Å². The highest BCUT2D eigenvalue weighted by Crippen LogP contribution is 2.21. The van der Waals surface area contributed by atoms with Crippen LogP contribution in [0.15, 0.2) is 54.6 Å². The van der Waals surface area contributed by atoms with E-state index < -0.39 is 28.7 Å². The third kappa shape index (κ3) is 6.71. The first-order valence-electron chi connectivity index (χ1n) is 11.1. The molecular formula is C24H34N4O5S. The zero-order valence-electron chi connectivity index (χ0n) is 20.4. The number of likely N-dealkylation sites (N-methyl/N-ethyl adjacent to an activating group) is 1. The summed E-state index contributed by atoms with van der Waals surface area (Å²) in [6, 6.07) is 14.9. The molecule has 9 nitrogen and oxygen atoms in total. The van der Waals surface area contributed by atoms with Gasteiger partial charge in [-0.2, -0.15) is 12.7 Å². The fourth-order valence-electron chi connectivity index (χ4n) is 3.45. The number of hydrogen-bond donors (Lipinski definition) is 1. The first-order valence-corrected chi connectivity index (χ1v) is 12.5. The van der Waals surface area contributed by atoms with Crippen molar-refractivity contribution in [1.29, 1.82) is 0 Å². The highest BCUT2D eigenvalue weighted by molar-refractivity contribution is 7.90. The molecule has 0 heterocycles. The molecule has 1 atom stereocenters. The lowest BCUT2D eigenvalue weighted by Crippen LogP contribution is -2.53. The molecule has 0 unspecified atom stereocenters. The Hall–Kier alpha value is -3.11. The molecule has 0 bridgehead atoms. The lowest BCUT2D eigenvalue weighted by Gasteiger charge is -2.33. The molecule has 10 heteroatoms. The third-order valence-corrected chi connectivity index (χ3v) is 7.13. The van der Waals surface area contributed by atoms with Crippen LogP contribution in [0, 0.1) is 0 Å². The minimum atomic E-state index is -3.96. The summed E-state index contributed by atoms with van der Waals surface area (Å²) in [5.41, 5.74) is 1.15. The molecule has 1 N–H and O–H groups in total. The van der Waals surface area contributed by atoms with Crippen LogP contribution in [0.2, 0.25) is 0 Å². The maximum Gasteiger partial charge on any atom is 0.304 e. The van der Waals surface area contributed by atoms with Crippen molar-refractivity contribution in [2.45, 2.75) is 32.9 Å². The summed E-state index contributed by atoms with van der Waals surface area (Å²) in [6.45, 7) is 3.74. The van der Waals surface area contributed by atoms with E-state index in [4.69, 9.17) is 4.74 Å². The summed E-state index contributed by atoms with van der Waals surface area (Å²) in [5, 5.41) is 2.78. The Labute approximate surface area is 202 Å². The molecule has 0 saturated carbocycles. The van der Waals surface area contributed by atoms with Crippen LogP contribution >= 0.6 is 0 Å². The first-order chi connectivity index (χ1) is 16.1. The standard InChI is InChI=1S/C24H34N4O5S/c1-6-22(24(30)25-7-2)27(17-19-13-15-21(33-5)16-14-19)23(29)18-28(34(31,32)26(3)4)20-11-9-8-10-12-20/h8-16,22H,6-7,17-18H2,1-5H3,(H,25,30)/t22-/m0/s1. The number of nitrogens with zero attached hydrogens (tertiary/aromatic N) is 3. The number of benzene rings is 2. The van der Waals surface area contributed by atoms with Crippen LogP contribution in [0.1, 0.15) is 25.8 Å². The van der Waals surface area contributed by atoms with Gasteiger partial charge in [-0.05, 0) is 43.2 Å². The number of methoxy groups -OCH3 is 1. The molecule has 0 spiro atoms. The Morgan fingerprint density at radius 2 is 1.62 bits per heavy atom. The molecule has 2 aromatic rings. The van der Waals surface area contributed by atoms with Gasteiger partial charge in [0.1, 0.15) is 18.3 Å². The minimum absolute atomic E-state index is 0.142. The van der Waals surface area contributed by atoms with Crippen molar-refractivity contribution in [3.05, 3.63) is 60.2 Å². The molecular weight excluding hydrogens is 456 g/mol. The minimum Gasteiger partial charge on any atom is -0.497 e. The van der Waals surface area contributed by atoms with Gasteiger partial charge in [0.25, 0.3) is 0 Å². The second-order valence-electron chi connectivity index (χ2n) is 7.82. The number of rotatable bonds is 12. The van der Waals surface area contributed by atoms with Gasteiger partial charge in [0.2, 0.25) is 11.8 Å². The summed E-state index contributed by atoms with van der Waals surface area (Å²) in [4.78, 5) is 27.9. The van der Waals surface area contributed by atoms with Gasteiger partial charge in [-0.15, -0.1) is 0 Å². The molecule has 0 aliphatic carbocycles. The zero-order chi connectivity index (χ0) is 25.3. The highest BCUT2D eigenvalue weighted by atomic mass is 32.2. The molecule has 0 aliphatic rings. The summed E-state index contributed by atoms with van der Waals surface area (Å²) in [5.74, 6) is -0.0958. The lowest BCUT2D eigenvalue weighted by molar-refractivity contribution is -0.140. The van der Waals surface area contributed by atoms with E-state index in [9.17, 15) is 18.0 Å². The smallest absolute Gasteiger partial charge is 0.304 e. The summed E-state index contributed by atoms with van der Waals surface area (Å²) >= 11 is 0. The molecule has 2 rings (SSSR count). The number of para-hydroxylation sites is 1. The van der Waals surface area contributed by atoms with Crippen molar-refractivity contribution < 1.29 is 22.7 Å². The van der Waals surface area contributed by atoms with Gasteiger partial charge in [0.15, 0.2) is 0 Å². The van der Waals surface area contributed by atoms with Gasteiger partial charge in [-0.1, -0.05) is 37.3 Å². The van der Waals surface area contributed by atoms with E-state index in [1.54, 1.807) is 56.5 Å². The molecule has 34 heavy (non-hydrogen) atoms. The quantitative estimate of drug-likeness (QED) is 0.492. The van der Waals surface area contributed by atoms with Gasteiger partial charge < -0.3 is 15.0 Å². The van der Waals surface area contributed by atoms with Crippen LogP contribution in [-0.4, -0.2) is 69.8 Å². The van der Waals surface area contributed by atoms with Crippen molar-refractivity contribution in [1.82, 2.24) is 14.5 Å². The normalized spacial score (nSPS) is 12.2. The maximum atomic E-state index is 13.6. The number of hydrogen-bond acceptors (Lipinski definition) is 5. The second kappa shape index (κ2) is 12.4. The largest absolute Gasteiger partial charge is 0.497 e. The Bertz CT molecular complexity index is 1040. The molecule has 2 aromatic carbocycles. The fourth-order valence-corrected chi connectivity index (χ4v) is 4.51. The molecule has 0 aromatic heterocycles. The first kappa shape index (κ1) is 27.1. The van der Waals surface area contributed by atoms with Crippen LogP contribution in [0.3, 0.4) is 0 Å². The van der Waals surface area contributed by atoms with E-state index in [-0.39, 0.29) is 12.5 Å². The van der Waals surface area contributed by atoms with E-state index in [1.165, 1.54) is 19.0 Å². The summed E-state index contributed by atoms with van der Waals surface area (Å²) in [6.07, 6.45) is 0.374. The Morgan fingerprint density at radius 1 is 1.00 bits per heavy atom. The predicted octanol–water partition coefficient (Wildman–Crippen LogP) is 2.25. The highest BCUT2D eigenvalue weighted by Gasteiger charge is 2.33. The number of nitrogens with one attached hydrogen (secondary N) is 1. The molecule has 0 fully saturated rings. The van der Waals surface area contributed by atoms with Gasteiger partial charge >= 0.3 is 10.2 Å². The fraction of sp³-hybridized carbons (Fsp3) is 0.417. The average molecular weight is 491 g/mol. The van der Waals surface area contributed by atoms with Gasteiger partial charge in [-0.3, -0.25) is 9.59 Å². The average Bonchev–Trinajstić information content (AvgIpc) is 2.83. The Balaban J connectivity index is 2.45. The van der Waals surface area contributed by atoms with Crippen LogP contribution in [0.4, 0.5) is 5.69 Å². The van der Waals surface area contributed by atoms with Crippen LogP contribution < -0.4 is 14.4 Å². The molecule has 2 amide bonds. The Kier molecular flexibility index (Phi) is 9.88. The topological polar surface area (TPSA) is 99.3 Å². The van der Waals surface area contributed by atoms with Gasteiger partial charge in [0, 0.05) is 27.2 Å². The lowest BCUT2D eigenvalue weighted by atomic mass is 10.1. The van der Waals surface area contributed by atoms with Crippen LogP contribution in [0.5, 0.6) is 5.75 Å². The number of ether oxygens (including phenoxy) is 1. The van der Waals surface area contributed by atoms with Gasteiger partial charge in [-0.25, -0.2) is 4.31 Å². The maximum absolute atomic E-state index is 13.6. The van der Waals surface area contributed by atoms with Crippen molar-refractivity contribution in [2.24, 2.45) is 0 Å². The SMILES string of the molecule is CCNC(=O)[C@H](CC)N(Cc1ccc(OC)cc1)C(=O)CN(c1ccccc1)S(=O)(=O)N(C)C. The van der Waals surface area contributed by atoms with Crippen molar-refractivity contribution in [2.75, 3.05) is 38.6 Å². The van der Waals surface area contributed by atoms with Gasteiger partial charge in [0.05, 0.1) is 12.8 Å². The monoisotopic (exact) mass is 490 g/mol. The summed E-state index contributed by atoms with van der Waals surface area (Å²) in [7, 11) is 0.425. The van der Waals surface area contributed by atoms with Crippen molar-refractivity contribution in [3.63, 3.8) is 0 Å². The molecule has 0 aliphatic heterocycles. The zero-order valence-corrected chi connectivity index (χ0v) is 21.2. The number of amides is 2. The third-order valence-electron chi connectivity index (χ3n) is 5.31. The predicted molar refractivity (Wildman–Crippen MR) is 133 cm³/mol. The van der Waals surface area contributed by atoms with Crippen LogP contribution in [-0.2, 0) is 26.3 Å². The molecule has 0 radical (unpaired) electrons. The summed E-state index contributed by atoms with van der Waals surface area (Å²) < 4.78 is 33.5. The van der Waals surface area contributed by atoms with E-state index in [0.29, 0.717) is 24.4 Å². The number of carbonyl (C=O) groups excluding carboxylic acids is 2. The second-order valence-corrected chi connectivity index (χ2v) is 9.89.